The Morgan fingerprint density at radius 1 is 1.00 bits per heavy atom. The number of piperidine rings is 1. The van der Waals surface area contributed by atoms with Gasteiger partial charge in [0.15, 0.2) is 0 Å². The van der Waals surface area contributed by atoms with E-state index < -0.39 is 18.3 Å². The van der Waals surface area contributed by atoms with Crippen molar-refractivity contribution in [2.45, 2.75) is 63.0 Å². The molecule has 0 bridgehead atoms. The van der Waals surface area contributed by atoms with Crippen molar-refractivity contribution in [2.24, 2.45) is 0 Å². The molecule has 156 valence electrons. The quantitative estimate of drug-likeness (QED) is 0.581. The number of hydrogen-bond donors (Lipinski definition) is 3. The van der Waals surface area contributed by atoms with Crippen LogP contribution in [0.3, 0.4) is 0 Å². The number of aliphatic hydroxyl groups excluding tert-OH is 3. The number of aliphatic hydroxyl groups is 3. The van der Waals surface area contributed by atoms with Crippen LogP contribution in [0.4, 0.5) is 4.79 Å². The average molecular weight is 392 g/mol. The number of nitrogens with zero attached hydrogens (tertiary/aromatic N) is 2. The molecule has 0 radical (unpaired) electrons. The number of rotatable bonds is 8. The molecule has 1 amide bonds. The monoisotopic (exact) mass is 392 g/mol. The van der Waals surface area contributed by atoms with Crippen LogP contribution >= 0.6 is 0 Å². The molecule has 3 rings (SSSR count). The second-order valence-electron chi connectivity index (χ2n) is 7.90. The van der Waals surface area contributed by atoms with Crippen LogP contribution in [0.1, 0.15) is 44.2 Å². The van der Waals surface area contributed by atoms with Crippen molar-refractivity contribution in [3.05, 3.63) is 35.9 Å². The first kappa shape index (κ1) is 21.0. The van der Waals surface area contributed by atoms with Crippen molar-refractivity contribution in [2.75, 3.05) is 26.2 Å². The third kappa shape index (κ3) is 4.84. The highest BCUT2D eigenvalue weighted by molar-refractivity contribution is 5.70. The van der Waals surface area contributed by atoms with E-state index in [-0.39, 0.29) is 18.2 Å². The minimum absolute atomic E-state index is 0.00250. The molecule has 5 atom stereocenters. The van der Waals surface area contributed by atoms with Gasteiger partial charge in [-0.3, -0.25) is 9.80 Å². The highest BCUT2D eigenvalue weighted by Gasteiger charge is 2.38. The fourth-order valence-electron chi connectivity index (χ4n) is 4.14. The van der Waals surface area contributed by atoms with Crippen LogP contribution < -0.4 is 0 Å². The van der Waals surface area contributed by atoms with Crippen molar-refractivity contribution in [3.8, 4) is 0 Å². The second-order valence-corrected chi connectivity index (χ2v) is 7.90. The topological polar surface area (TPSA) is 93.5 Å². The van der Waals surface area contributed by atoms with Gasteiger partial charge in [0.25, 0.3) is 0 Å². The standard InChI is InChI=1S/C21H32N2O5/c1-15-19(25)20(26)18(24)13-22(15)11-7-2-3-8-12-23-17(14-28-21(23)27)16-9-5-4-6-10-16/h4-6,9-10,15,17-20,24-26H,2-3,7-8,11-14H2,1H3/t15-,17+,18+,19-,20-/m1/s1. The van der Waals surface area contributed by atoms with E-state index in [2.05, 4.69) is 0 Å². The number of benzene rings is 1. The first-order chi connectivity index (χ1) is 13.5. The molecule has 2 saturated heterocycles. The van der Waals surface area contributed by atoms with Gasteiger partial charge in [0.05, 0.1) is 18.2 Å². The molecule has 2 aliphatic rings. The van der Waals surface area contributed by atoms with Crippen LogP contribution in [-0.4, -0.2) is 81.8 Å². The Kier molecular flexibility index (Phi) is 7.29. The Morgan fingerprint density at radius 3 is 2.39 bits per heavy atom. The largest absolute Gasteiger partial charge is 0.447 e. The Labute approximate surface area is 166 Å². The van der Waals surface area contributed by atoms with Gasteiger partial charge in [0.2, 0.25) is 0 Å². The first-order valence-electron chi connectivity index (χ1n) is 10.3. The first-order valence-corrected chi connectivity index (χ1v) is 10.3. The fourth-order valence-corrected chi connectivity index (χ4v) is 4.14. The molecular formula is C21H32N2O5. The predicted molar refractivity (Wildman–Crippen MR) is 105 cm³/mol. The number of unbranched alkanes of at least 4 members (excludes halogenated alkanes) is 3. The number of ether oxygens (including phenoxy) is 1. The van der Waals surface area contributed by atoms with E-state index in [0.29, 0.717) is 19.7 Å². The van der Waals surface area contributed by atoms with Gasteiger partial charge in [-0.05, 0) is 31.9 Å². The third-order valence-corrected chi connectivity index (χ3v) is 5.99. The van der Waals surface area contributed by atoms with E-state index >= 15 is 0 Å². The van der Waals surface area contributed by atoms with Gasteiger partial charge >= 0.3 is 6.09 Å². The van der Waals surface area contributed by atoms with E-state index in [1.54, 1.807) is 0 Å². The summed E-state index contributed by atoms with van der Waals surface area (Å²) in [6.07, 6.45) is 0.756. The van der Waals surface area contributed by atoms with Gasteiger partial charge in [0.1, 0.15) is 12.7 Å². The smallest absolute Gasteiger partial charge is 0.410 e. The minimum Gasteiger partial charge on any atom is -0.447 e. The molecule has 0 unspecified atom stereocenters. The van der Waals surface area contributed by atoms with Crippen molar-refractivity contribution >= 4 is 6.09 Å². The normalized spacial score (nSPS) is 31.2. The van der Waals surface area contributed by atoms with Crippen LogP contribution in [0, 0.1) is 0 Å². The van der Waals surface area contributed by atoms with Crippen molar-refractivity contribution in [1.29, 1.82) is 0 Å². The maximum Gasteiger partial charge on any atom is 0.410 e. The minimum atomic E-state index is -1.07. The van der Waals surface area contributed by atoms with Crippen LogP contribution in [0.25, 0.3) is 0 Å². The predicted octanol–water partition coefficient (Wildman–Crippen LogP) is 1.53. The molecule has 0 saturated carbocycles. The lowest BCUT2D eigenvalue weighted by atomic mass is 9.94. The zero-order chi connectivity index (χ0) is 20.1. The highest BCUT2D eigenvalue weighted by Crippen LogP contribution is 2.28. The number of carbonyl (C=O) groups excluding carboxylic acids is 1. The van der Waals surface area contributed by atoms with E-state index in [9.17, 15) is 20.1 Å². The summed E-state index contributed by atoms with van der Waals surface area (Å²) in [7, 11) is 0. The Balaban J connectivity index is 1.37. The highest BCUT2D eigenvalue weighted by atomic mass is 16.6. The SMILES string of the molecule is C[C@@H]1[C@@H](O)[C@H](O)[C@@H](O)CN1CCCCCCN1C(=O)OC[C@H]1c1ccccc1. The van der Waals surface area contributed by atoms with Gasteiger partial charge in [-0.15, -0.1) is 0 Å². The Bertz CT molecular complexity index is 628. The van der Waals surface area contributed by atoms with Crippen LogP contribution in [0.5, 0.6) is 0 Å². The summed E-state index contributed by atoms with van der Waals surface area (Å²) >= 11 is 0. The van der Waals surface area contributed by atoms with Crippen molar-refractivity contribution in [3.63, 3.8) is 0 Å². The molecule has 7 nitrogen and oxygen atoms in total. The average Bonchev–Trinajstić information content (AvgIpc) is 3.07. The maximum absolute atomic E-state index is 12.0. The maximum atomic E-state index is 12.0. The molecular weight excluding hydrogens is 360 g/mol. The number of carbonyl (C=O) groups is 1. The van der Waals surface area contributed by atoms with Gasteiger partial charge in [-0.1, -0.05) is 43.2 Å². The van der Waals surface area contributed by atoms with Gasteiger partial charge in [-0.2, -0.15) is 0 Å². The van der Waals surface area contributed by atoms with E-state index in [4.69, 9.17) is 4.74 Å². The second kappa shape index (κ2) is 9.69. The summed E-state index contributed by atoms with van der Waals surface area (Å²) in [5, 5.41) is 29.6. The number of cyclic esters (lactones) is 1. The van der Waals surface area contributed by atoms with Gasteiger partial charge < -0.3 is 20.1 Å². The molecule has 0 spiro atoms. The molecule has 0 aliphatic carbocycles. The molecule has 2 heterocycles. The lowest BCUT2D eigenvalue weighted by molar-refractivity contribution is -0.133. The summed E-state index contributed by atoms with van der Waals surface area (Å²) in [4.78, 5) is 15.9. The third-order valence-electron chi connectivity index (χ3n) is 5.99. The fraction of sp³-hybridized carbons (Fsp3) is 0.667. The summed E-state index contributed by atoms with van der Waals surface area (Å²) in [5.74, 6) is 0. The number of β-amino-alcohol motifs (C(OH)–C–C–N with tert-alkyl or cyclic N) is 1. The number of hydrogen-bond acceptors (Lipinski definition) is 6. The van der Waals surface area contributed by atoms with Crippen molar-refractivity contribution < 1.29 is 24.9 Å². The van der Waals surface area contributed by atoms with Crippen LogP contribution in [0.2, 0.25) is 0 Å². The van der Waals surface area contributed by atoms with Gasteiger partial charge in [-0.25, -0.2) is 4.79 Å². The molecule has 1 aromatic carbocycles. The Morgan fingerprint density at radius 2 is 1.68 bits per heavy atom. The van der Waals surface area contributed by atoms with E-state index in [1.165, 1.54) is 0 Å². The van der Waals surface area contributed by atoms with E-state index in [0.717, 1.165) is 37.8 Å². The Hall–Kier alpha value is -1.67. The molecule has 1 aromatic rings. The lowest BCUT2D eigenvalue weighted by Crippen LogP contribution is -2.60. The summed E-state index contributed by atoms with van der Waals surface area (Å²) in [5.41, 5.74) is 1.10. The molecule has 3 N–H and O–H groups in total. The molecule has 2 fully saturated rings. The van der Waals surface area contributed by atoms with E-state index in [1.807, 2.05) is 47.1 Å². The summed E-state index contributed by atoms with van der Waals surface area (Å²) in [6.45, 7) is 4.13. The molecule has 2 aliphatic heterocycles. The number of amides is 1. The molecule has 0 aromatic heterocycles. The summed E-state index contributed by atoms with van der Waals surface area (Å²) < 4.78 is 5.24. The van der Waals surface area contributed by atoms with Crippen LogP contribution in [0.15, 0.2) is 30.3 Å². The van der Waals surface area contributed by atoms with Gasteiger partial charge in [0, 0.05) is 19.1 Å². The lowest BCUT2D eigenvalue weighted by Gasteiger charge is -2.42. The summed E-state index contributed by atoms with van der Waals surface area (Å²) in [6, 6.07) is 9.81. The van der Waals surface area contributed by atoms with Crippen molar-refractivity contribution in [1.82, 2.24) is 9.80 Å². The molecule has 28 heavy (non-hydrogen) atoms. The zero-order valence-corrected chi connectivity index (χ0v) is 16.5. The molecule has 7 heteroatoms. The number of likely N-dealkylation sites (tertiary alicyclic amines) is 1. The zero-order valence-electron chi connectivity index (χ0n) is 16.5. The van der Waals surface area contributed by atoms with Crippen LogP contribution in [-0.2, 0) is 4.74 Å².